The van der Waals surface area contributed by atoms with Gasteiger partial charge in [0.1, 0.15) is 9.77 Å². The number of sulfonamides is 1. The zero-order valence-electron chi connectivity index (χ0n) is 13.9. The maximum Gasteiger partial charge on any atom is 0.328 e. The Morgan fingerprint density at radius 2 is 2.12 bits per heavy atom. The van der Waals surface area contributed by atoms with Gasteiger partial charge in [-0.25, -0.2) is 4.98 Å². The van der Waals surface area contributed by atoms with Crippen molar-refractivity contribution in [3.8, 4) is 0 Å². The van der Waals surface area contributed by atoms with E-state index in [1.165, 1.54) is 23.5 Å². The van der Waals surface area contributed by atoms with Crippen molar-refractivity contribution in [3.63, 3.8) is 0 Å². The lowest BCUT2D eigenvalue weighted by atomic mass is 10.3. The van der Waals surface area contributed by atoms with Gasteiger partial charge in [-0.1, -0.05) is 6.07 Å². The van der Waals surface area contributed by atoms with Gasteiger partial charge in [0.15, 0.2) is 0 Å². The fourth-order valence-corrected chi connectivity index (χ4v) is 4.54. The molecule has 0 unspecified atom stereocenters. The molecule has 1 amide bonds. The van der Waals surface area contributed by atoms with Gasteiger partial charge >= 0.3 is 10.0 Å². The number of amidine groups is 1. The van der Waals surface area contributed by atoms with Gasteiger partial charge in [0.25, 0.3) is 11.7 Å². The number of carbonyl (C=O) groups is 1. The first-order valence-electron chi connectivity index (χ1n) is 7.83. The number of amides is 1. The number of thiazole rings is 1. The third-order valence-corrected chi connectivity index (χ3v) is 6.17. The van der Waals surface area contributed by atoms with E-state index in [0.717, 1.165) is 18.0 Å². The maximum absolute atomic E-state index is 12.5. The summed E-state index contributed by atoms with van der Waals surface area (Å²) in [6.45, 7) is 4.37. The van der Waals surface area contributed by atoms with Crippen molar-refractivity contribution in [1.29, 1.82) is 0 Å². The summed E-state index contributed by atoms with van der Waals surface area (Å²) in [7, 11) is -3.68. The lowest BCUT2D eigenvalue weighted by molar-refractivity contribution is -0.448. The number of rotatable bonds is 4. The molecule has 9 heteroatoms. The first-order chi connectivity index (χ1) is 11.8. The predicted octanol–water partition coefficient (Wildman–Crippen LogP) is 0.563. The van der Waals surface area contributed by atoms with E-state index in [1.54, 1.807) is 19.1 Å². The number of aryl methyl sites for hydroxylation is 2. The summed E-state index contributed by atoms with van der Waals surface area (Å²) < 4.78 is 27.5. The summed E-state index contributed by atoms with van der Waals surface area (Å²) in [6.07, 6.45) is 1.58. The van der Waals surface area contributed by atoms with E-state index in [0.29, 0.717) is 28.5 Å². The van der Waals surface area contributed by atoms with Crippen LogP contribution in [0.5, 0.6) is 0 Å². The lowest BCUT2D eigenvalue weighted by Gasteiger charge is -2.07. The Morgan fingerprint density at radius 3 is 2.76 bits per heavy atom. The van der Waals surface area contributed by atoms with E-state index in [1.807, 2.05) is 6.92 Å². The van der Waals surface area contributed by atoms with E-state index >= 15 is 0 Å². The van der Waals surface area contributed by atoms with E-state index < -0.39 is 10.0 Å². The van der Waals surface area contributed by atoms with Crippen LogP contribution in [-0.2, 0) is 10.0 Å². The lowest BCUT2D eigenvalue weighted by Crippen LogP contribution is -2.72. The van der Waals surface area contributed by atoms with Crippen LogP contribution in [0.2, 0.25) is 0 Å². The average molecular weight is 379 g/mol. The fraction of sp³-hybridized carbons (Fsp3) is 0.312. The number of benzene rings is 1. The molecule has 0 saturated carbocycles. The van der Waals surface area contributed by atoms with Crippen molar-refractivity contribution < 1.29 is 18.2 Å². The molecule has 2 heterocycles. The summed E-state index contributed by atoms with van der Waals surface area (Å²) in [4.78, 5) is 20.2. The van der Waals surface area contributed by atoms with Crippen LogP contribution in [0.25, 0.3) is 0 Å². The Labute approximate surface area is 150 Å². The molecular weight excluding hydrogens is 360 g/mol. The summed E-state index contributed by atoms with van der Waals surface area (Å²) in [5.74, 6) is 0.308. The van der Waals surface area contributed by atoms with Crippen LogP contribution in [0.15, 0.2) is 29.2 Å². The molecule has 0 spiro atoms. The highest BCUT2D eigenvalue weighted by Crippen LogP contribution is 2.20. The zero-order valence-corrected chi connectivity index (χ0v) is 15.6. The van der Waals surface area contributed by atoms with Crippen LogP contribution in [-0.4, -0.2) is 31.7 Å². The maximum atomic E-state index is 12.5. The van der Waals surface area contributed by atoms with Gasteiger partial charge < -0.3 is 5.32 Å². The summed E-state index contributed by atoms with van der Waals surface area (Å²) in [5, 5.41) is 3.54. The topological polar surface area (TPSA) is 102 Å². The van der Waals surface area contributed by atoms with E-state index in [4.69, 9.17) is 0 Å². The quantitative estimate of drug-likeness (QED) is 0.722. The average Bonchev–Trinajstić information content (AvgIpc) is 3.16. The molecule has 1 aliphatic heterocycles. The number of hydrogen-bond acceptors (Lipinski definition) is 5. The largest absolute Gasteiger partial charge is 0.328 e. The van der Waals surface area contributed by atoms with Gasteiger partial charge in [-0.05, 0) is 38.5 Å². The standard InChI is InChI=1S/C16H18N4O3S2/c1-10-15(24-11(2)18-10)16(21)19-12-5-3-6-13(9-12)25(22,23)20-14-7-4-8-17-14/h3,5-6,9H,4,7-8H2,1-2H3,(H,17,20)(H,19,21)/p+1. The van der Waals surface area contributed by atoms with Crippen LogP contribution in [0, 0.1) is 13.8 Å². The smallest absolute Gasteiger partial charge is 0.321 e. The second kappa shape index (κ2) is 6.93. The molecule has 0 fully saturated rings. The van der Waals surface area contributed by atoms with Crippen LogP contribution in [0.1, 0.15) is 33.2 Å². The summed E-state index contributed by atoms with van der Waals surface area (Å²) in [6, 6.07) is 6.19. The SMILES string of the molecule is Cc1nc(C)c(C(=O)Nc2cccc(S(=O)(=O)NC3=[NH+]CCC3)c2)s1. The second-order valence-electron chi connectivity index (χ2n) is 5.74. The van der Waals surface area contributed by atoms with Crippen molar-refractivity contribution in [2.75, 3.05) is 11.9 Å². The monoisotopic (exact) mass is 379 g/mol. The van der Waals surface area contributed by atoms with Crippen LogP contribution in [0.3, 0.4) is 0 Å². The van der Waals surface area contributed by atoms with Crippen molar-refractivity contribution in [2.45, 2.75) is 31.6 Å². The molecule has 132 valence electrons. The number of hydrogen-bond donors (Lipinski definition) is 3. The third-order valence-electron chi connectivity index (χ3n) is 3.71. The first kappa shape index (κ1) is 17.6. The van der Waals surface area contributed by atoms with Gasteiger partial charge in [-0.3, -0.25) is 9.79 Å². The highest BCUT2D eigenvalue weighted by Gasteiger charge is 2.24. The Kier molecular flexibility index (Phi) is 4.87. The van der Waals surface area contributed by atoms with Gasteiger partial charge in [-0.2, -0.15) is 13.1 Å². The van der Waals surface area contributed by atoms with Gasteiger partial charge in [-0.15, -0.1) is 11.3 Å². The highest BCUT2D eigenvalue weighted by molar-refractivity contribution is 7.90. The second-order valence-corrected chi connectivity index (χ2v) is 8.63. The molecule has 0 bridgehead atoms. The minimum absolute atomic E-state index is 0.101. The van der Waals surface area contributed by atoms with Crippen molar-refractivity contribution in [2.24, 2.45) is 0 Å². The molecule has 0 atom stereocenters. The van der Waals surface area contributed by atoms with Crippen molar-refractivity contribution in [1.82, 2.24) is 9.71 Å². The number of aromatic nitrogens is 1. The molecule has 7 nitrogen and oxygen atoms in total. The molecule has 3 rings (SSSR count). The molecule has 1 aromatic heterocycles. The van der Waals surface area contributed by atoms with Crippen LogP contribution >= 0.6 is 11.3 Å². The van der Waals surface area contributed by atoms with Crippen molar-refractivity contribution in [3.05, 3.63) is 39.8 Å². The Morgan fingerprint density at radius 1 is 1.32 bits per heavy atom. The molecule has 0 aliphatic carbocycles. The Hall–Kier alpha value is -2.26. The van der Waals surface area contributed by atoms with Gasteiger partial charge in [0.2, 0.25) is 0 Å². The molecule has 0 saturated heterocycles. The van der Waals surface area contributed by atoms with Crippen molar-refractivity contribution >= 4 is 38.8 Å². The Balaban J connectivity index is 1.79. The predicted molar refractivity (Wildman–Crippen MR) is 96.4 cm³/mol. The molecule has 2 aromatic rings. The minimum Gasteiger partial charge on any atom is -0.321 e. The third kappa shape index (κ3) is 4.05. The molecular formula is C16H19N4O3S2+. The number of nitrogens with one attached hydrogen (secondary N) is 3. The van der Waals surface area contributed by atoms with Crippen LogP contribution in [0.4, 0.5) is 5.69 Å². The molecule has 3 N–H and O–H groups in total. The number of anilines is 1. The first-order valence-corrected chi connectivity index (χ1v) is 10.1. The van der Waals surface area contributed by atoms with E-state index in [2.05, 4.69) is 20.0 Å². The van der Waals surface area contributed by atoms with E-state index in [9.17, 15) is 13.2 Å². The molecule has 1 aliphatic rings. The molecule has 0 radical (unpaired) electrons. The fourth-order valence-electron chi connectivity index (χ4n) is 2.57. The molecule has 25 heavy (non-hydrogen) atoms. The number of nitrogens with zero attached hydrogens (tertiary/aromatic N) is 1. The van der Waals surface area contributed by atoms with Gasteiger partial charge in [0, 0.05) is 5.69 Å². The number of carbonyl (C=O) groups excluding carboxylic acids is 1. The van der Waals surface area contributed by atoms with E-state index in [-0.39, 0.29) is 10.8 Å². The summed E-state index contributed by atoms with van der Waals surface area (Å²) >= 11 is 1.31. The minimum atomic E-state index is -3.68. The Bertz CT molecular complexity index is 948. The molecule has 1 aromatic carbocycles. The van der Waals surface area contributed by atoms with Gasteiger partial charge in [0.05, 0.1) is 23.7 Å². The van der Waals surface area contributed by atoms with Crippen LogP contribution < -0.4 is 15.0 Å². The zero-order chi connectivity index (χ0) is 18.0. The highest BCUT2D eigenvalue weighted by atomic mass is 32.2. The normalized spacial score (nSPS) is 14.2. The summed E-state index contributed by atoms with van der Waals surface area (Å²) in [5.41, 5.74) is 1.08.